The summed E-state index contributed by atoms with van der Waals surface area (Å²) in [7, 11) is 0. The second kappa shape index (κ2) is 1.91. The second-order valence-corrected chi connectivity index (χ2v) is 3.29. The Balaban J connectivity index is 2.24. The lowest BCUT2D eigenvalue weighted by atomic mass is 10.0. The Morgan fingerprint density at radius 1 is 1.20 bits per heavy atom. The highest BCUT2D eigenvalue weighted by Gasteiger charge is 2.43. The van der Waals surface area contributed by atoms with Crippen LogP contribution in [-0.2, 0) is 9.59 Å². The predicted octanol–water partition coefficient (Wildman–Crippen LogP) is 0.945. The summed E-state index contributed by atoms with van der Waals surface area (Å²) in [6.45, 7) is 0. The fraction of sp³-hybridized carbons (Fsp3) is 0.750. The Morgan fingerprint density at radius 2 is 2.00 bits per heavy atom. The van der Waals surface area contributed by atoms with E-state index >= 15 is 0 Å². The molecule has 0 spiro atoms. The minimum Gasteiger partial charge on any atom is -0.291 e. The van der Waals surface area contributed by atoms with Gasteiger partial charge in [0, 0.05) is 12.3 Å². The fourth-order valence-electron chi connectivity index (χ4n) is 2.17. The third-order valence-electron chi connectivity index (χ3n) is 2.72. The quantitative estimate of drug-likeness (QED) is 0.467. The second-order valence-electron chi connectivity index (χ2n) is 3.29. The van der Waals surface area contributed by atoms with Crippen LogP contribution in [0.2, 0.25) is 0 Å². The molecule has 0 N–H and O–H groups in total. The van der Waals surface area contributed by atoms with Crippen LogP contribution in [0.3, 0.4) is 0 Å². The van der Waals surface area contributed by atoms with Gasteiger partial charge >= 0.3 is 0 Å². The Labute approximate surface area is 59.6 Å². The molecule has 54 valence electrons. The van der Waals surface area contributed by atoms with Crippen LogP contribution < -0.4 is 0 Å². The van der Waals surface area contributed by atoms with Crippen LogP contribution in [0.1, 0.15) is 25.7 Å². The number of ketones is 2. The highest BCUT2D eigenvalue weighted by Crippen LogP contribution is 2.39. The van der Waals surface area contributed by atoms with Crippen molar-refractivity contribution in [2.75, 3.05) is 0 Å². The SMILES string of the molecule is O=C1C[C@H]2CCC[C@H]2C1=O. The van der Waals surface area contributed by atoms with Crippen molar-refractivity contribution in [3.05, 3.63) is 0 Å². The summed E-state index contributed by atoms with van der Waals surface area (Å²) >= 11 is 0. The zero-order chi connectivity index (χ0) is 7.14. The van der Waals surface area contributed by atoms with Gasteiger partial charge in [0.25, 0.3) is 0 Å². The van der Waals surface area contributed by atoms with Crippen molar-refractivity contribution in [3.63, 3.8) is 0 Å². The van der Waals surface area contributed by atoms with Gasteiger partial charge in [0.2, 0.25) is 5.78 Å². The molecule has 2 fully saturated rings. The van der Waals surface area contributed by atoms with Crippen LogP contribution in [0.5, 0.6) is 0 Å². The van der Waals surface area contributed by atoms with Gasteiger partial charge in [-0.2, -0.15) is 0 Å². The maximum absolute atomic E-state index is 11.0. The van der Waals surface area contributed by atoms with E-state index in [-0.39, 0.29) is 17.5 Å². The average Bonchev–Trinajstić information content (AvgIpc) is 2.41. The summed E-state index contributed by atoms with van der Waals surface area (Å²) in [6, 6.07) is 0. The van der Waals surface area contributed by atoms with E-state index in [9.17, 15) is 9.59 Å². The Hall–Kier alpha value is -0.660. The number of hydrogen-bond donors (Lipinski definition) is 0. The molecule has 0 amide bonds. The molecule has 10 heavy (non-hydrogen) atoms. The van der Waals surface area contributed by atoms with Crippen LogP contribution in [0.15, 0.2) is 0 Å². The topological polar surface area (TPSA) is 34.1 Å². The Kier molecular flexibility index (Phi) is 1.16. The molecule has 2 aliphatic rings. The van der Waals surface area contributed by atoms with Gasteiger partial charge in [-0.15, -0.1) is 0 Å². The van der Waals surface area contributed by atoms with Crippen molar-refractivity contribution in [1.29, 1.82) is 0 Å². The van der Waals surface area contributed by atoms with Gasteiger partial charge in [0.15, 0.2) is 5.78 Å². The minimum absolute atomic E-state index is 0.0810. The zero-order valence-corrected chi connectivity index (χ0v) is 5.80. The van der Waals surface area contributed by atoms with E-state index in [0.29, 0.717) is 12.3 Å². The molecule has 2 atom stereocenters. The molecule has 2 heteroatoms. The molecule has 0 bridgehead atoms. The van der Waals surface area contributed by atoms with E-state index in [0.717, 1.165) is 19.3 Å². The first-order valence-corrected chi connectivity index (χ1v) is 3.86. The lowest BCUT2D eigenvalue weighted by Gasteiger charge is -2.01. The van der Waals surface area contributed by atoms with E-state index in [4.69, 9.17) is 0 Å². The first-order valence-electron chi connectivity index (χ1n) is 3.86. The van der Waals surface area contributed by atoms with Crippen LogP contribution in [0.4, 0.5) is 0 Å². The number of carbonyl (C=O) groups is 2. The van der Waals surface area contributed by atoms with Crippen LogP contribution in [0.25, 0.3) is 0 Å². The number of fused-ring (bicyclic) bond motifs is 1. The molecule has 0 saturated heterocycles. The normalized spacial score (nSPS) is 38.8. The molecule has 2 aliphatic carbocycles. The molecule has 0 heterocycles. The van der Waals surface area contributed by atoms with Gasteiger partial charge in [0.05, 0.1) is 0 Å². The fourth-order valence-corrected chi connectivity index (χ4v) is 2.17. The van der Waals surface area contributed by atoms with Crippen molar-refractivity contribution in [3.8, 4) is 0 Å². The molecule has 0 aromatic carbocycles. The first kappa shape index (κ1) is 6.08. The molecule has 0 aromatic rings. The van der Waals surface area contributed by atoms with Gasteiger partial charge in [-0.3, -0.25) is 9.59 Å². The van der Waals surface area contributed by atoms with E-state index in [1.54, 1.807) is 0 Å². The van der Waals surface area contributed by atoms with Crippen LogP contribution >= 0.6 is 0 Å². The number of carbonyl (C=O) groups excluding carboxylic acids is 2. The van der Waals surface area contributed by atoms with E-state index in [2.05, 4.69) is 0 Å². The Bertz CT molecular complexity index is 195. The summed E-state index contributed by atoms with van der Waals surface area (Å²) < 4.78 is 0. The summed E-state index contributed by atoms with van der Waals surface area (Å²) in [5, 5.41) is 0. The standard InChI is InChI=1S/C8H10O2/c9-7-4-5-2-1-3-6(5)8(7)10/h5-6H,1-4H2/t5-,6-/m1/s1. The van der Waals surface area contributed by atoms with Crippen molar-refractivity contribution in [2.24, 2.45) is 11.8 Å². The van der Waals surface area contributed by atoms with E-state index < -0.39 is 0 Å². The molecule has 0 aliphatic heterocycles. The van der Waals surface area contributed by atoms with Gasteiger partial charge in [-0.1, -0.05) is 6.42 Å². The number of Topliss-reactive ketones (excluding diaryl/α,β-unsaturated/α-hetero) is 2. The van der Waals surface area contributed by atoms with Crippen LogP contribution in [0, 0.1) is 11.8 Å². The maximum Gasteiger partial charge on any atom is 0.201 e. The lowest BCUT2D eigenvalue weighted by molar-refractivity contribution is -0.135. The van der Waals surface area contributed by atoms with Gasteiger partial charge < -0.3 is 0 Å². The highest BCUT2D eigenvalue weighted by molar-refractivity contribution is 6.40. The average molecular weight is 138 g/mol. The molecule has 0 aromatic heterocycles. The van der Waals surface area contributed by atoms with Crippen molar-refractivity contribution >= 4 is 11.6 Å². The molecule has 0 radical (unpaired) electrons. The summed E-state index contributed by atoms with van der Waals surface area (Å²) in [5.41, 5.74) is 0. The maximum atomic E-state index is 11.0. The molecular weight excluding hydrogens is 128 g/mol. The smallest absolute Gasteiger partial charge is 0.201 e. The molecule has 2 rings (SSSR count). The minimum atomic E-state index is -0.116. The first-order chi connectivity index (χ1) is 4.79. The molecule has 0 unspecified atom stereocenters. The number of hydrogen-bond acceptors (Lipinski definition) is 2. The van der Waals surface area contributed by atoms with Crippen molar-refractivity contribution < 1.29 is 9.59 Å². The van der Waals surface area contributed by atoms with Gasteiger partial charge in [-0.05, 0) is 18.8 Å². The molecular formula is C8H10O2. The lowest BCUT2D eigenvalue weighted by Crippen LogP contribution is -2.12. The zero-order valence-electron chi connectivity index (χ0n) is 5.80. The van der Waals surface area contributed by atoms with Crippen molar-refractivity contribution in [2.45, 2.75) is 25.7 Å². The highest BCUT2D eigenvalue weighted by atomic mass is 16.2. The Morgan fingerprint density at radius 3 is 2.70 bits per heavy atom. The van der Waals surface area contributed by atoms with E-state index in [1.165, 1.54) is 0 Å². The van der Waals surface area contributed by atoms with Gasteiger partial charge in [-0.25, -0.2) is 0 Å². The molecule has 2 nitrogen and oxygen atoms in total. The summed E-state index contributed by atoms with van der Waals surface area (Å²) in [5.74, 6) is 0.365. The monoisotopic (exact) mass is 138 g/mol. The summed E-state index contributed by atoms with van der Waals surface area (Å²) in [4.78, 5) is 21.9. The number of rotatable bonds is 0. The third-order valence-corrected chi connectivity index (χ3v) is 2.72. The van der Waals surface area contributed by atoms with Crippen molar-refractivity contribution in [1.82, 2.24) is 0 Å². The predicted molar refractivity (Wildman–Crippen MR) is 35.5 cm³/mol. The van der Waals surface area contributed by atoms with Crippen LogP contribution in [-0.4, -0.2) is 11.6 Å². The molecule has 2 saturated carbocycles. The van der Waals surface area contributed by atoms with Gasteiger partial charge in [0.1, 0.15) is 0 Å². The largest absolute Gasteiger partial charge is 0.291 e. The van der Waals surface area contributed by atoms with E-state index in [1.807, 2.05) is 0 Å². The third kappa shape index (κ3) is 0.648. The summed E-state index contributed by atoms with van der Waals surface area (Å²) in [6.07, 6.45) is 3.76.